The zero-order chi connectivity index (χ0) is 15.9. The molecule has 2 heterocycles. The highest BCUT2D eigenvalue weighted by atomic mass is 32.1. The Bertz CT molecular complexity index is 682. The van der Waals surface area contributed by atoms with Crippen LogP contribution in [0.25, 0.3) is 10.4 Å². The fourth-order valence-corrected chi connectivity index (χ4v) is 3.07. The molecule has 0 aliphatic carbocycles. The zero-order valence-corrected chi connectivity index (χ0v) is 13.5. The molecule has 1 aliphatic rings. The summed E-state index contributed by atoms with van der Waals surface area (Å²) in [5.74, 6) is 11.8. The largest absolute Gasteiger partial charge is 0.412 e. The van der Waals surface area contributed by atoms with Crippen LogP contribution in [0.3, 0.4) is 0 Å². The molecule has 2 N–H and O–H groups in total. The number of rotatable bonds is 4. The van der Waals surface area contributed by atoms with Crippen LogP contribution < -0.4 is 10.7 Å². The van der Waals surface area contributed by atoms with Crippen LogP contribution in [0.15, 0.2) is 29.8 Å². The maximum absolute atomic E-state index is 5.61. The summed E-state index contributed by atoms with van der Waals surface area (Å²) in [5.41, 5.74) is 3.58. The van der Waals surface area contributed by atoms with Gasteiger partial charge in [-0.15, -0.1) is 11.3 Å². The number of ether oxygens (including phenoxy) is 2. The van der Waals surface area contributed by atoms with Crippen LogP contribution in [0.4, 0.5) is 0 Å². The lowest BCUT2D eigenvalue weighted by molar-refractivity contribution is -0.154. The first-order chi connectivity index (χ1) is 11.4. The fourth-order valence-electron chi connectivity index (χ4n) is 2.32. The number of nitrogens with zero attached hydrogens (tertiary/aromatic N) is 1. The highest BCUT2D eigenvalue weighted by Crippen LogP contribution is 2.28. The molecule has 1 fully saturated rings. The molecule has 120 valence electrons. The number of benzene rings is 1. The average molecular weight is 330 g/mol. The maximum atomic E-state index is 5.61. The van der Waals surface area contributed by atoms with Gasteiger partial charge in [-0.2, -0.15) is 5.90 Å². The van der Waals surface area contributed by atoms with Gasteiger partial charge in [0.05, 0.1) is 10.4 Å². The third-order valence-corrected chi connectivity index (χ3v) is 4.38. The molecule has 0 spiro atoms. The Morgan fingerprint density at radius 1 is 1.30 bits per heavy atom. The van der Waals surface area contributed by atoms with Gasteiger partial charge >= 0.3 is 0 Å². The van der Waals surface area contributed by atoms with E-state index in [4.69, 9.17) is 15.4 Å². The Balaban J connectivity index is 1.63. The van der Waals surface area contributed by atoms with Crippen LogP contribution in [-0.4, -0.2) is 24.5 Å². The lowest BCUT2D eigenvalue weighted by Gasteiger charge is -2.21. The molecule has 1 aromatic carbocycles. The molecular formula is C17H18N2O3S. The molecule has 2 aromatic rings. The molecule has 0 saturated carbocycles. The fraction of sp³-hybridized carbons (Fsp3) is 0.353. The number of thiazole rings is 1. The van der Waals surface area contributed by atoms with Gasteiger partial charge in [0.1, 0.15) is 18.1 Å². The minimum atomic E-state index is -0.114. The summed E-state index contributed by atoms with van der Waals surface area (Å²) >= 11 is 1.55. The minimum absolute atomic E-state index is 0.114. The lowest BCUT2D eigenvalue weighted by Crippen LogP contribution is -2.22. The lowest BCUT2D eigenvalue weighted by atomic mass is 10.1. The third kappa shape index (κ3) is 4.30. The third-order valence-electron chi connectivity index (χ3n) is 3.51. The van der Waals surface area contributed by atoms with E-state index < -0.39 is 0 Å². The number of nitrogens with two attached hydrogens (primary N) is 1. The van der Waals surface area contributed by atoms with E-state index in [2.05, 4.69) is 21.7 Å². The predicted molar refractivity (Wildman–Crippen MR) is 88.8 cm³/mol. The molecule has 0 amide bonds. The van der Waals surface area contributed by atoms with Crippen LogP contribution in [-0.2, 0) is 9.47 Å². The van der Waals surface area contributed by atoms with E-state index in [1.165, 1.54) is 0 Å². The Hall–Kier alpha value is -1.91. The Morgan fingerprint density at radius 3 is 2.91 bits per heavy atom. The second kappa shape index (κ2) is 8.09. The van der Waals surface area contributed by atoms with Crippen molar-refractivity contribution in [1.82, 2.24) is 4.98 Å². The smallest absolute Gasteiger partial charge is 0.158 e. The molecule has 1 aliphatic heterocycles. The van der Waals surface area contributed by atoms with Gasteiger partial charge < -0.3 is 14.3 Å². The van der Waals surface area contributed by atoms with E-state index in [0.29, 0.717) is 12.4 Å². The van der Waals surface area contributed by atoms with Gasteiger partial charge in [-0.25, -0.2) is 4.98 Å². The van der Waals surface area contributed by atoms with E-state index in [9.17, 15) is 0 Å². The summed E-state index contributed by atoms with van der Waals surface area (Å²) < 4.78 is 11.1. The van der Waals surface area contributed by atoms with E-state index in [0.717, 1.165) is 42.0 Å². The number of aromatic nitrogens is 1. The summed E-state index contributed by atoms with van der Waals surface area (Å²) in [7, 11) is 0. The predicted octanol–water partition coefficient (Wildman–Crippen LogP) is 2.96. The molecule has 1 unspecified atom stereocenters. The Morgan fingerprint density at radius 2 is 2.17 bits per heavy atom. The molecule has 6 heteroatoms. The van der Waals surface area contributed by atoms with Crippen LogP contribution in [0.2, 0.25) is 0 Å². The monoisotopic (exact) mass is 330 g/mol. The summed E-state index contributed by atoms with van der Waals surface area (Å²) in [5, 5.41) is 0. The quantitative estimate of drug-likeness (QED) is 0.689. The highest BCUT2D eigenvalue weighted by molar-refractivity contribution is 7.13. The average Bonchev–Trinajstić information content (AvgIpc) is 3.08. The van der Waals surface area contributed by atoms with Gasteiger partial charge in [0, 0.05) is 6.61 Å². The molecule has 3 rings (SSSR count). The van der Waals surface area contributed by atoms with Crippen molar-refractivity contribution in [3.05, 3.63) is 35.5 Å². The van der Waals surface area contributed by atoms with Gasteiger partial charge in [-0.05, 0) is 55.0 Å². The van der Waals surface area contributed by atoms with Crippen LogP contribution >= 0.6 is 11.3 Å². The second-order valence-electron chi connectivity index (χ2n) is 5.08. The van der Waals surface area contributed by atoms with Gasteiger partial charge in [0.15, 0.2) is 6.29 Å². The van der Waals surface area contributed by atoms with Crippen molar-refractivity contribution in [2.24, 2.45) is 5.90 Å². The SMILES string of the molecule is NOc1ccc(-c2scnc2C#CCOC2CCCCO2)cc1. The Kier molecular flexibility index (Phi) is 5.61. The molecular weight excluding hydrogens is 312 g/mol. The molecule has 23 heavy (non-hydrogen) atoms. The molecule has 0 radical (unpaired) electrons. The first kappa shape index (κ1) is 16.0. The van der Waals surface area contributed by atoms with Gasteiger partial charge in [-0.3, -0.25) is 0 Å². The van der Waals surface area contributed by atoms with Gasteiger partial charge in [0.2, 0.25) is 0 Å². The van der Waals surface area contributed by atoms with Gasteiger partial charge in [0.25, 0.3) is 0 Å². The first-order valence-corrected chi connectivity index (χ1v) is 8.37. The van der Waals surface area contributed by atoms with E-state index >= 15 is 0 Å². The summed E-state index contributed by atoms with van der Waals surface area (Å²) in [6.45, 7) is 1.12. The van der Waals surface area contributed by atoms with Crippen molar-refractivity contribution < 1.29 is 14.3 Å². The van der Waals surface area contributed by atoms with E-state index in [-0.39, 0.29) is 6.29 Å². The normalized spacial score (nSPS) is 17.3. The van der Waals surface area contributed by atoms with Gasteiger partial charge in [-0.1, -0.05) is 5.92 Å². The minimum Gasteiger partial charge on any atom is -0.412 e. The van der Waals surface area contributed by atoms with Crippen molar-refractivity contribution in [2.45, 2.75) is 25.6 Å². The topological polar surface area (TPSA) is 66.6 Å². The maximum Gasteiger partial charge on any atom is 0.158 e. The standard InChI is InChI=1S/C17H18N2O3S/c18-22-14-8-6-13(7-9-14)17-15(19-12-23-17)4-3-11-21-16-5-1-2-10-20-16/h6-9,12,16H,1-2,5,10-11,18H2. The second-order valence-corrected chi connectivity index (χ2v) is 5.94. The summed E-state index contributed by atoms with van der Waals surface area (Å²) in [4.78, 5) is 10.0. The Labute approximate surface area is 139 Å². The number of hydrogen-bond donors (Lipinski definition) is 1. The van der Waals surface area contributed by atoms with E-state index in [1.54, 1.807) is 16.8 Å². The molecule has 1 aromatic heterocycles. The first-order valence-electron chi connectivity index (χ1n) is 7.49. The van der Waals surface area contributed by atoms with Crippen molar-refractivity contribution in [3.63, 3.8) is 0 Å². The van der Waals surface area contributed by atoms with Crippen molar-refractivity contribution in [2.75, 3.05) is 13.2 Å². The van der Waals surface area contributed by atoms with E-state index in [1.807, 2.05) is 24.3 Å². The molecule has 5 nitrogen and oxygen atoms in total. The highest BCUT2D eigenvalue weighted by Gasteiger charge is 2.13. The molecule has 1 saturated heterocycles. The number of hydrogen-bond acceptors (Lipinski definition) is 6. The molecule has 0 bridgehead atoms. The van der Waals surface area contributed by atoms with Crippen molar-refractivity contribution >= 4 is 11.3 Å². The van der Waals surface area contributed by atoms with Crippen LogP contribution in [0, 0.1) is 11.8 Å². The summed E-state index contributed by atoms with van der Waals surface area (Å²) in [6, 6.07) is 7.51. The summed E-state index contributed by atoms with van der Waals surface area (Å²) in [6.07, 6.45) is 3.09. The zero-order valence-electron chi connectivity index (χ0n) is 12.7. The van der Waals surface area contributed by atoms with Crippen LogP contribution in [0.5, 0.6) is 5.75 Å². The van der Waals surface area contributed by atoms with Crippen molar-refractivity contribution in [3.8, 4) is 28.0 Å². The van der Waals surface area contributed by atoms with Crippen LogP contribution in [0.1, 0.15) is 25.0 Å². The van der Waals surface area contributed by atoms with Crippen molar-refractivity contribution in [1.29, 1.82) is 0 Å². The molecule has 1 atom stereocenters.